The summed E-state index contributed by atoms with van der Waals surface area (Å²) in [6.07, 6.45) is 2.32. The molecule has 3 heterocycles. The fraction of sp³-hybridized carbons (Fsp3) is 0.429. The van der Waals surface area contributed by atoms with Crippen molar-refractivity contribution >= 4 is 40.4 Å². The SMILES string of the molecule is CC1Cc2ccc(NC(=O)[C@]3(NC(=O)c4ccc(Cl)s4)CCOC3)cc2CCN1. The van der Waals surface area contributed by atoms with Crippen molar-refractivity contribution in [3.63, 3.8) is 0 Å². The number of nitrogens with one attached hydrogen (secondary N) is 3. The largest absolute Gasteiger partial charge is 0.378 e. The molecular formula is C21H24ClN3O3S. The molecule has 6 nitrogen and oxygen atoms in total. The maximum atomic E-state index is 13.2. The van der Waals surface area contributed by atoms with E-state index in [-0.39, 0.29) is 18.4 Å². The van der Waals surface area contributed by atoms with E-state index in [4.69, 9.17) is 16.3 Å². The molecule has 2 aromatic rings. The van der Waals surface area contributed by atoms with Gasteiger partial charge in [-0.05, 0) is 61.7 Å². The average molecular weight is 434 g/mol. The summed E-state index contributed by atoms with van der Waals surface area (Å²) >= 11 is 7.12. The van der Waals surface area contributed by atoms with Crippen molar-refractivity contribution < 1.29 is 14.3 Å². The van der Waals surface area contributed by atoms with E-state index < -0.39 is 5.54 Å². The first-order chi connectivity index (χ1) is 13.9. The minimum Gasteiger partial charge on any atom is -0.378 e. The van der Waals surface area contributed by atoms with Gasteiger partial charge in [0.15, 0.2) is 0 Å². The highest BCUT2D eigenvalue weighted by atomic mass is 35.5. The molecule has 8 heteroatoms. The monoisotopic (exact) mass is 433 g/mol. The van der Waals surface area contributed by atoms with Crippen LogP contribution in [-0.2, 0) is 22.4 Å². The van der Waals surface area contributed by atoms with Crippen LogP contribution in [0.5, 0.6) is 0 Å². The first-order valence-electron chi connectivity index (χ1n) is 9.77. The maximum Gasteiger partial charge on any atom is 0.262 e. The lowest BCUT2D eigenvalue weighted by molar-refractivity contribution is -0.122. The molecular weight excluding hydrogens is 410 g/mol. The Balaban J connectivity index is 1.51. The van der Waals surface area contributed by atoms with Gasteiger partial charge in [-0.15, -0.1) is 11.3 Å². The van der Waals surface area contributed by atoms with Crippen molar-refractivity contribution in [2.45, 2.75) is 37.8 Å². The van der Waals surface area contributed by atoms with Crippen LogP contribution in [0.1, 0.15) is 34.1 Å². The van der Waals surface area contributed by atoms with Gasteiger partial charge in [0.2, 0.25) is 0 Å². The molecule has 0 spiro atoms. The number of halogens is 1. The number of hydrogen-bond donors (Lipinski definition) is 3. The number of carbonyl (C=O) groups excluding carboxylic acids is 2. The molecule has 0 radical (unpaired) electrons. The van der Waals surface area contributed by atoms with Crippen LogP contribution in [0.3, 0.4) is 0 Å². The molecule has 1 aromatic heterocycles. The predicted molar refractivity (Wildman–Crippen MR) is 115 cm³/mol. The molecule has 4 rings (SSSR count). The summed E-state index contributed by atoms with van der Waals surface area (Å²) in [4.78, 5) is 26.3. The van der Waals surface area contributed by atoms with Crippen LogP contribution >= 0.6 is 22.9 Å². The van der Waals surface area contributed by atoms with Gasteiger partial charge in [-0.1, -0.05) is 17.7 Å². The summed E-state index contributed by atoms with van der Waals surface area (Å²) in [7, 11) is 0. The topological polar surface area (TPSA) is 79.5 Å². The molecule has 0 bridgehead atoms. The molecule has 1 aromatic carbocycles. The van der Waals surface area contributed by atoms with E-state index in [1.807, 2.05) is 12.1 Å². The van der Waals surface area contributed by atoms with E-state index in [0.717, 1.165) is 25.1 Å². The number of fused-ring (bicyclic) bond motifs is 1. The Kier molecular flexibility index (Phi) is 5.92. The van der Waals surface area contributed by atoms with Gasteiger partial charge in [-0.2, -0.15) is 0 Å². The standard InChI is InChI=1S/C21H24ClN3O3S/c1-13-10-14-2-3-16(11-15(14)6-8-23-13)24-20(27)21(7-9-28-12-21)25-19(26)17-4-5-18(22)29-17/h2-5,11,13,23H,6-10,12H2,1H3,(H,24,27)(H,25,26)/t13?,21-/m0/s1. The Morgan fingerprint density at radius 3 is 2.86 bits per heavy atom. The normalized spacial score (nSPS) is 23.9. The summed E-state index contributed by atoms with van der Waals surface area (Å²) in [5, 5.41) is 9.36. The van der Waals surface area contributed by atoms with Gasteiger partial charge in [0.25, 0.3) is 11.8 Å². The summed E-state index contributed by atoms with van der Waals surface area (Å²) < 4.78 is 6.01. The fourth-order valence-electron chi connectivity index (χ4n) is 3.86. The second kappa shape index (κ2) is 8.44. The van der Waals surface area contributed by atoms with Gasteiger partial charge in [0.05, 0.1) is 15.8 Å². The van der Waals surface area contributed by atoms with Crippen LogP contribution in [-0.4, -0.2) is 43.2 Å². The van der Waals surface area contributed by atoms with E-state index in [2.05, 4.69) is 28.9 Å². The molecule has 2 atom stereocenters. The van der Waals surface area contributed by atoms with Crippen LogP contribution in [0.4, 0.5) is 5.69 Å². The van der Waals surface area contributed by atoms with Gasteiger partial charge >= 0.3 is 0 Å². The van der Waals surface area contributed by atoms with Gasteiger partial charge in [-0.25, -0.2) is 0 Å². The molecule has 2 aliphatic rings. The van der Waals surface area contributed by atoms with E-state index in [1.165, 1.54) is 22.5 Å². The van der Waals surface area contributed by atoms with Gasteiger partial charge in [0.1, 0.15) is 5.54 Å². The number of rotatable bonds is 4. The molecule has 2 aliphatic heterocycles. The van der Waals surface area contributed by atoms with Crippen LogP contribution in [0.15, 0.2) is 30.3 Å². The van der Waals surface area contributed by atoms with Crippen molar-refractivity contribution in [1.82, 2.24) is 10.6 Å². The number of ether oxygens (including phenoxy) is 1. The lowest BCUT2D eigenvalue weighted by Crippen LogP contribution is -2.57. The minimum atomic E-state index is -1.09. The molecule has 1 unspecified atom stereocenters. The van der Waals surface area contributed by atoms with Crippen LogP contribution < -0.4 is 16.0 Å². The maximum absolute atomic E-state index is 13.2. The van der Waals surface area contributed by atoms with Crippen molar-refractivity contribution in [3.05, 3.63) is 50.7 Å². The Labute approximate surface area is 179 Å². The van der Waals surface area contributed by atoms with Gasteiger partial charge in [0, 0.05) is 24.8 Å². The zero-order valence-electron chi connectivity index (χ0n) is 16.2. The molecule has 29 heavy (non-hydrogen) atoms. The van der Waals surface area contributed by atoms with E-state index >= 15 is 0 Å². The van der Waals surface area contributed by atoms with Crippen LogP contribution in [0, 0.1) is 0 Å². The van der Waals surface area contributed by atoms with Crippen LogP contribution in [0.25, 0.3) is 0 Å². The van der Waals surface area contributed by atoms with Crippen LogP contribution in [0.2, 0.25) is 4.34 Å². The van der Waals surface area contributed by atoms with E-state index in [1.54, 1.807) is 12.1 Å². The molecule has 0 saturated carbocycles. The van der Waals surface area contributed by atoms with Gasteiger partial charge < -0.3 is 20.7 Å². The van der Waals surface area contributed by atoms with E-state index in [9.17, 15) is 9.59 Å². The molecule has 2 amide bonds. The number of carbonyl (C=O) groups is 2. The third-order valence-corrected chi connectivity index (χ3v) is 6.71. The molecule has 154 valence electrons. The lowest BCUT2D eigenvalue weighted by atomic mass is 9.96. The van der Waals surface area contributed by atoms with E-state index in [0.29, 0.717) is 28.3 Å². The highest BCUT2D eigenvalue weighted by molar-refractivity contribution is 7.18. The summed E-state index contributed by atoms with van der Waals surface area (Å²) in [5.74, 6) is -0.574. The Hall–Kier alpha value is -1.93. The Morgan fingerprint density at radius 2 is 2.14 bits per heavy atom. The number of benzene rings is 1. The molecule has 0 aliphatic carbocycles. The average Bonchev–Trinajstić information content (AvgIpc) is 3.29. The number of anilines is 1. The number of amides is 2. The lowest BCUT2D eigenvalue weighted by Gasteiger charge is -2.27. The number of thiophene rings is 1. The number of hydrogen-bond acceptors (Lipinski definition) is 5. The second-order valence-electron chi connectivity index (χ2n) is 7.69. The summed E-state index contributed by atoms with van der Waals surface area (Å²) in [6, 6.07) is 9.82. The fourth-order valence-corrected chi connectivity index (χ4v) is 4.79. The predicted octanol–water partition coefficient (Wildman–Crippen LogP) is 3.01. The first-order valence-corrected chi connectivity index (χ1v) is 11.0. The first kappa shape index (κ1) is 20.3. The van der Waals surface area contributed by atoms with Crippen molar-refractivity contribution in [1.29, 1.82) is 0 Å². The van der Waals surface area contributed by atoms with Crippen molar-refractivity contribution in [2.75, 3.05) is 25.1 Å². The molecule has 1 saturated heterocycles. The second-order valence-corrected chi connectivity index (χ2v) is 9.40. The minimum absolute atomic E-state index is 0.149. The zero-order chi connectivity index (χ0) is 20.4. The quantitative estimate of drug-likeness (QED) is 0.692. The Bertz CT molecular complexity index is 924. The summed E-state index contributed by atoms with van der Waals surface area (Å²) in [6.45, 7) is 3.67. The van der Waals surface area contributed by atoms with Crippen molar-refractivity contribution in [3.8, 4) is 0 Å². The Morgan fingerprint density at radius 1 is 1.28 bits per heavy atom. The third kappa shape index (κ3) is 4.48. The molecule has 3 N–H and O–H groups in total. The zero-order valence-corrected chi connectivity index (χ0v) is 17.8. The third-order valence-electron chi connectivity index (χ3n) is 5.48. The van der Waals surface area contributed by atoms with Crippen molar-refractivity contribution in [2.24, 2.45) is 0 Å². The molecule has 1 fully saturated rings. The summed E-state index contributed by atoms with van der Waals surface area (Å²) in [5.41, 5.74) is 2.20. The smallest absolute Gasteiger partial charge is 0.262 e. The highest BCUT2D eigenvalue weighted by Gasteiger charge is 2.44. The van der Waals surface area contributed by atoms with Gasteiger partial charge in [-0.3, -0.25) is 9.59 Å². The highest BCUT2D eigenvalue weighted by Crippen LogP contribution is 2.26.